The van der Waals surface area contributed by atoms with Crippen LogP contribution in [0.1, 0.15) is 65.8 Å². The first-order valence-electron chi connectivity index (χ1n) is 15.7. The van der Waals surface area contributed by atoms with Crippen LogP contribution in [0, 0.1) is 0 Å². The molecule has 4 rings (SSSR count). The molecule has 1 aliphatic heterocycles. The standard InChI is InChI=1S/C29H40N10O11S/c1-27(2,3)48-25(45)30-9-10-47-24(44)31-11-15-12-32-39(37-15)13-16-18(20(40)33-16)35-21(41)19(38-50-29(7-8-29)22(42)43)17-14-51-23(34-17)36-26(46)49-28(4,5)6/h12,14,16,18H,7-11,13H2,1-6H3,(H,30,45)(H,31,44)(H,33,40)(H,35,41)(H,42,43)(H,34,36,46)/t16-,18-/m0/s1. The zero-order valence-corrected chi connectivity index (χ0v) is 29.5. The Morgan fingerprint density at radius 2 is 1.75 bits per heavy atom. The van der Waals surface area contributed by atoms with Crippen LogP contribution in [0.5, 0.6) is 0 Å². The molecule has 21 nitrogen and oxygen atoms in total. The van der Waals surface area contributed by atoms with E-state index in [4.69, 9.17) is 19.0 Å². The zero-order chi connectivity index (χ0) is 37.6. The molecule has 0 unspecified atom stereocenters. The summed E-state index contributed by atoms with van der Waals surface area (Å²) < 4.78 is 15.3. The average molecular weight is 737 g/mol. The summed E-state index contributed by atoms with van der Waals surface area (Å²) in [6.07, 6.45) is -0.425. The Bertz CT molecular complexity index is 1670. The maximum absolute atomic E-state index is 13.4. The number of nitrogens with one attached hydrogen (secondary N) is 5. The van der Waals surface area contributed by atoms with Crippen molar-refractivity contribution >= 4 is 58.2 Å². The topological polar surface area (TPSA) is 276 Å². The van der Waals surface area contributed by atoms with Crippen molar-refractivity contribution < 1.29 is 52.9 Å². The van der Waals surface area contributed by atoms with E-state index in [0.29, 0.717) is 5.69 Å². The van der Waals surface area contributed by atoms with Gasteiger partial charge in [0.25, 0.3) is 5.91 Å². The quantitative estimate of drug-likeness (QED) is 0.0516. The summed E-state index contributed by atoms with van der Waals surface area (Å²) in [6.45, 7) is 10.2. The van der Waals surface area contributed by atoms with Crippen molar-refractivity contribution in [3.8, 4) is 0 Å². The van der Waals surface area contributed by atoms with Crippen LogP contribution in [-0.4, -0.2) is 109 Å². The normalized spacial score (nSPS) is 17.9. The summed E-state index contributed by atoms with van der Waals surface area (Å²) in [6, 6.07) is -1.72. The first kappa shape index (κ1) is 38.3. The van der Waals surface area contributed by atoms with E-state index in [2.05, 4.69) is 46.9 Å². The SMILES string of the molecule is CC(C)(C)OC(=O)NCCOC(=O)NCc1cnn(C[C@@H]2NC(=O)[C@H]2NC(=O)C(=NOC2(C(=O)O)CC2)c2csc(NC(=O)OC(C)(C)C)n2)n1. The molecular formula is C29H40N10O11S. The van der Waals surface area contributed by atoms with Crippen LogP contribution >= 0.6 is 11.3 Å². The molecule has 2 aliphatic rings. The molecule has 22 heteroatoms. The molecule has 0 radical (unpaired) electrons. The van der Waals surface area contributed by atoms with Crippen LogP contribution in [0.25, 0.3) is 0 Å². The number of thiazole rings is 1. The number of aromatic nitrogens is 4. The second kappa shape index (κ2) is 15.6. The van der Waals surface area contributed by atoms with E-state index in [1.807, 2.05) is 0 Å². The van der Waals surface area contributed by atoms with E-state index < -0.39 is 70.7 Å². The lowest BCUT2D eigenvalue weighted by Crippen LogP contribution is -2.70. The molecule has 0 aromatic carbocycles. The lowest BCUT2D eigenvalue weighted by molar-refractivity contribution is -0.153. The highest BCUT2D eigenvalue weighted by Gasteiger charge is 2.55. The Morgan fingerprint density at radius 3 is 2.37 bits per heavy atom. The molecule has 2 atom stereocenters. The molecule has 2 aromatic rings. The van der Waals surface area contributed by atoms with E-state index in [-0.39, 0.29) is 49.9 Å². The van der Waals surface area contributed by atoms with Gasteiger partial charge in [-0.05, 0) is 41.5 Å². The van der Waals surface area contributed by atoms with Gasteiger partial charge in [-0.3, -0.25) is 14.9 Å². The van der Waals surface area contributed by atoms with Crippen LogP contribution in [0.15, 0.2) is 16.7 Å². The molecule has 51 heavy (non-hydrogen) atoms. The predicted molar refractivity (Wildman–Crippen MR) is 176 cm³/mol. The highest BCUT2D eigenvalue weighted by molar-refractivity contribution is 7.14. The minimum absolute atomic E-state index is 0.0310. The highest BCUT2D eigenvalue weighted by Crippen LogP contribution is 2.40. The number of anilines is 1. The number of hydrogen-bond acceptors (Lipinski definition) is 15. The number of oxime groups is 1. The minimum atomic E-state index is -1.58. The molecular weight excluding hydrogens is 696 g/mol. The zero-order valence-electron chi connectivity index (χ0n) is 28.7. The third kappa shape index (κ3) is 11.5. The second-order valence-electron chi connectivity index (χ2n) is 13.4. The molecule has 1 saturated carbocycles. The van der Waals surface area contributed by atoms with Crippen LogP contribution in [0.3, 0.4) is 0 Å². The second-order valence-corrected chi connectivity index (χ2v) is 14.2. The van der Waals surface area contributed by atoms with E-state index in [0.717, 1.165) is 11.3 Å². The van der Waals surface area contributed by atoms with Crippen molar-refractivity contribution in [2.45, 2.75) is 96.4 Å². The van der Waals surface area contributed by atoms with Crippen LogP contribution in [0.2, 0.25) is 0 Å². The van der Waals surface area contributed by atoms with Gasteiger partial charge in [-0.1, -0.05) is 5.16 Å². The van der Waals surface area contributed by atoms with Crippen LogP contribution in [-0.2, 0) is 46.5 Å². The summed E-state index contributed by atoms with van der Waals surface area (Å²) in [5.41, 5.74) is -3.12. The van der Waals surface area contributed by atoms with E-state index in [1.165, 1.54) is 16.4 Å². The van der Waals surface area contributed by atoms with Gasteiger partial charge in [0.15, 0.2) is 10.8 Å². The van der Waals surface area contributed by atoms with Crippen molar-refractivity contribution in [3.63, 3.8) is 0 Å². The van der Waals surface area contributed by atoms with Gasteiger partial charge < -0.3 is 45.4 Å². The monoisotopic (exact) mass is 736 g/mol. The fourth-order valence-electron chi connectivity index (χ4n) is 4.10. The first-order chi connectivity index (χ1) is 23.8. The molecule has 3 heterocycles. The Labute approximate surface area is 295 Å². The number of β-lactam (4-membered cyclic amide) rings is 1. The minimum Gasteiger partial charge on any atom is -0.478 e. The lowest BCUT2D eigenvalue weighted by Gasteiger charge is -2.36. The number of amides is 5. The van der Waals surface area contributed by atoms with Crippen LogP contribution in [0.4, 0.5) is 19.5 Å². The fraction of sp³-hybridized carbons (Fsp3) is 0.586. The number of nitrogens with zero attached hydrogens (tertiary/aromatic N) is 5. The van der Waals surface area contributed by atoms with Crippen LogP contribution < -0.4 is 26.6 Å². The summed E-state index contributed by atoms with van der Waals surface area (Å²) in [5.74, 6) is -2.66. The molecule has 1 saturated heterocycles. The van der Waals surface area contributed by atoms with Crippen molar-refractivity contribution in [1.29, 1.82) is 0 Å². The highest BCUT2D eigenvalue weighted by atomic mass is 32.1. The van der Waals surface area contributed by atoms with Gasteiger partial charge in [0, 0.05) is 18.2 Å². The number of ether oxygens (including phenoxy) is 3. The number of alkyl carbamates (subject to hydrolysis) is 2. The van der Waals surface area contributed by atoms with E-state index in [9.17, 15) is 33.9 Å². The van der Waals surface area contributed by atoms with Crippen molar-refractivity contribution in [3.05, 3.63) is 23.0 Å². The van der Waals surface area contributed by atoms with Gasteiger partial charge in [0.1, 0.15) is 35.2 Å². The van der Waals surface area contributed by atoms with Gasteiger partial charge in [-0.15, -0.1) is 11.3 Å². The number of carbonyl (C=O) groups excluding carboxylic acids is 5. The average Bonchev–Trinajstić information content (AvgIpc) is 3.45. The maximum Gasteiger partial charge on any atom is 0.413 e. The Kier molecular flexibility index (Phi) is 11.7. The fourth-order valence-corrected chi connectivity index (χ4v) is 4.78. The smallest absolute Gasteiger partial charge is 0.413 e. The van der Waals surface area contributed by atoms with Crippen molar-refractivity contribution in [2.75, 3.05) is 18.5 Å². The number of carbonyl (C=O) groups is 6. The number of carboxylic acid groups (broad SMARTS) is 1. The summed E-state index contributed by atoms with van der Waals surface area (Å²) in [7, 11) is 0. The molecule has 278 valence electrons. The molecule has 2 aromatic heterocycles. The summed E-state index contributed by atoms with van der Waals surface area (Å²) in [4.78, 5) is 84.1. The molecule has 2 fully saturated rings. The van der Waals surface area contributed by atoms with E-state index >= 15 is 0 Å². The maximum atomic E-state index is 13.4. The molecule has 0 spiro atoms. The number of rotatable bonds is 14. The molecule has 1 aliphatic carbocycles. The predicted octanol–water partition coefficient (Wildman–Crippen LogP) is 0.854. The van der Waals surface area contributed by atoms with E-state index in [1.54, 1.807) is 41.5 Å². The Balaban J connectivity index is 1.31. The summed E-state index contributed by atoms with van der Waals surface area (Å²) >= 11 is 0.953. The molecule has 6 N–H and O–H groups in total. The third-order valence-corrected chi connectivity index (χ3v) is 7.39. The Morgan fingerprint density at radius 1 is 1.06 bits per heavy atom. The van der Waals surface area contributed by atoms with Gasteiger partial charge >= 0.3 is 24.2 Å². The largest absolute Gasteiger partial charge is 0.478 e. The third-order valence-electron chi connectivity index (χ3n) is 6.64. The van der Waals surface area contributed by atoms with Crippen molar-refractivity contribution in [1.82, 2.24) is 41.2 Å². The summed E-state index contributed by atoms with van der Waals surface area (Å²) in [5, 5.41) is 35.8. The Hall–Kier alpha value is -5.54. The van der Waals surface area contributed by atoms with Gasteiger partial charge in [0.05, 0.1) is 31.9 Å². The van der Waals surface area contributed by atoms with Gasteiger partial charge in [0.2, 0.25) is 11.5 Å². The number of hydrogen-bond donors (Lipinski definition) is 6. The molecule has 5 amide bonds. The number of aliphatic carboxylic acids is 1. The molecule has 0 bridgehead atoms. The lowest BCUT2D eigenvalue weighted by atomic mass is 9.98. The van der Waals surface area contributed by atoms with Gasteiger partial charge in [-0.25, -0.2) is 24.2 Å². The van der Waals surface area contributed by atoms with Crippen molar-refractivity contribution in [2.24, 2.45) is 5.16 Å². The van der Waals surface area contributed by atoms with Gasteiger partial charge in [-0.2, -0.15) is 15.0 Å². The number of carboxylic acids is 1. The first-order valence-corrected chi connectivity index (χ1v) is 16.5.